The van der Waals surface area contributed by atoms with Gasteiger partial charge < -0.3 is 24.8 Å². The minimum Gasteiger partial charge on any atom is -1.00 e. The third-order valence-corrected chi connectivity index (χ3v) is 7.21. The summed E-state index contributed by atoms with van der Waals surface area (Å²) in [4.78, 5) is 3.48. The Morgan fingerprint density at radius 1 is 1.15 bits per heavy atom. The smallest absolute Gasteiger partial charge is 1.00 e. The molecular formula is C15H21Cl2NSiTi. The number of aromatic amines is 1. The Hall–Kier alpha value is 0.141. The molecule has 0 bridgehead atoms. The topological polar surface area (TPSA) is 15.8 Å². The van der Waals surface area contributed by atoms with Crippen LogP contribution in [0.3, 0.4) is 0 Å². The van der Waals surface area contributed by atoms with Gasteiger partial charge in [0.1, 0.15) is 0 Å². The first-order chi connectivity index (χ1) is 8.39. The van der Waals surface area contributed by atoms with E-state index < -0.39 is 0 Å². The van der Waals surface area contributed by atoms with Crippen molar-refractivity contribution in [3.63, 3.8) is 0 Å². The Labute approximate surface area is 145 Å². The van der Waals surface area contributed by atoms with Crippen LogP contribution >= 0.6 is 0 Å². The van der Waals surface area contributed by atoms with Crippen molar-refractivity contribution in [1.29, 1.82) is 0 Å². The van der Waals surface area contributed by atoms with Crippen LogP contribution in [0.5, 0.6) is 0 Å². The quantitative estimate of drug-likeness (QED) is 0.540. The molecule has 0 aliphatic heterocycles. The van der Waals surface area contributed by atoms with E-state index in [4.69, 9.17) is 0 Å². The molecule has 1 heterocycles. The molecule has 2 rings (SSSR count). The number of aromatic nitrogens is 1. The van der Waals surface area contributed by atoms with Gasteiger partial charge in [-0.3, -0.25) is 0 Å². The Kier molecular flexibility index (Phi) is 8.01. The van der Waals surface area contributed by atoms with Crippen LogP contribution in [0.1, 0.15) is 26.3 Å². The second kappa shape index (κ2) is 7.95. The predicted molar refractivity (Wildman–Crippen MR) is 78.8 cm³/mol. The average molecular weight is 362 g/mol. The van der Waals surface area contributed by atoms with E-state index in [0.717, 1.165) is 0 Å². The molecule has 0 aromatic carbocycles. The SMILES string of the molecule is C[Si](C)=C1C=CC=[C]1[Ti+2][c]1[nH]ccc1C(C)(C)C.[Cl-].[Cl-]. The Morgan fingerprint density at radius 2 is 1.80 bits per heavy atom. The summed E-state index contributed by atoms with van der Waals surface area (Å²) < 4.78 is 3.13. The summed E-state index contributed by atoms with van der Waals surface area (Å²) in [6.45, 7) is 11.7. The molecule has 0 saturated heterocycles. The Balaban J connectivity index is 0.00000180. The molecule has 1 aliphatic carbocycles. The molecule has 1 aromatic rings. The molecule has 0 fully saturated rings. The van der Waals surface area contributed by atoms with Crippen molar-refractivity contribution in [3.8, 4) is 0 Å². The van der Waals surface area contributed by atoms with E-state index in [1.54, 1.807) is 9.05 Å². The molecule has 0 atom stereocenters. The maximum absolute atomic E-state index is 3.48. The molecule has 1 N–H and O–H groups in total. The zero-order chi connectivity index (χ0) is 13.3. The molecular weight excluding hydrogens is 341 g/mol. The van der Waals surface area contributed by atoms with E-state index in [1.165, 1.54) is 9.56 Å². The number of allylic oxidation sites excluding steroid dienone is 4. The van der Waals surface area contributed by atoms with Gasteiger partial charge in [0.05, 0.1) is 0 Å². The van der Waals surface area contributed by atoms with Gasteiger partial charge in [-0.25, -0.2) is 0 Å². The maximum atomic E-state index is 3.48. The van der Waals surface area contributed by atoms with E-state index in [0.29, 0.717) is 0 Å². The van der Waals surface area contributed by atoms with Gasteiger partial charge in [-0.05, 0) is 0 Å². The second-order valence-corrected chi connectivity index (χ2v) is 10.5. The van der Waals surface area contributed by atoms with Gasteiger partial charge in [-0.1, -0.05) is 0 Å². The van der Waals surface area contributed by atoms with Gasteiger partial charge in [0.25, 0.3) is 0 Å². The van der Waals surface area contributed by atoms with Crippen LogP contribution in [0.4, 0.5) is 0 Å². The number of hydrogen-bond acceptors (Lipinski definition) is 0. The Morgan fingerprint density at radius 3 is 2.35 bits per heavy atom. The monoisotopic (exact) mass is 361 g/mol. The van der Waals surface area contributed by atoms with Crippen LogP contribution in [0, 0.1) is 0 Å². The second-order valence-electron chi connectivity index (χ2n) is 5.99. The zero-order valence-electron chi connectivity index (χ0n) is 12.6. The van der Waals surface area contributed by atoms with Crippen LogP contribution in [-0.2, 0) is 24.6 Å². The van der Waals surface area contributed by atoms with Crippen molar-refractivity contribution in [1.82, 2.24) is 4.98 Å². The zero-order valence-corrected chi connectivity index (χ0v) is 16.7. The molecule has 0 spiro atoms. The standard InChI is InChI=1S/C8H12N.C7H9Si.2ClH.Ti/c1-8(2,3)7-4-5-9-6-7;1-8(2)7-5-3-4-6-7;;;/h4-5,9H,1-3H3;3-5H,1-2H3;2*1H;/q;;;;+2/p-2. The molecule has 1 nitrogen and oxygen atoms in total. The van der Waals surface area contributed by atoms with Crippen LogP contribution in [0.25, 0.3) is 0 Å². The van der Waals surface area contributed by atoms with E-state index in [2.05, 4.69) is 69.3 Å². The molecule has 0 saturated carbocycles. The van der Waals surface area contributed by atoms with Gasteiger partial charge >= 0.3 is 121 Å². The van der Waals surface area contributed by atoms with E-state index in [9.17, 15) is 0 Å². The van der Waals surface area contributed by atoms with Crippen molar-refractivity contribution in [2.45, 2.75) is 39.3 Å². The molecule has 20 heavy (non-hydrogen) atoms. The van der Waals surface area contributed by atoms with Crippen molar-refractivity contribution < 1.29 is 44.0 Å². The van der Waals surface area contributed by atoms with E-state index >= 15 is 0 Å². The fourth-order valence-electron chi connectivity index (χ4n) is 2.20. The van der Waals surface area contributed by atoms with Crippen molar-refractivity contribution >= 4 is 17.6 Å². The van der Waals surface area contributed by atoms with Crippen LogP contribution in [0.2, 0.25) is 13.1 Å². The fourth-order valence-corrected chi connectivity index (χ4v) is 6.89. The summed E-state index contributed by atoms with van der Waals surface area (Å²) in [7, 11) is -0.332. The van der Waals surface area contributed by atoms with E-state index in [1.807, 2.05) is 0 Å². The first-order valence-corrected chi connectivity index (χ1v) is 10.5. The molecule has 1 aliphatic rings. The number of rotatable bonds is 2. The maximum Gasteiger partial charge on any atom is -1.00 e. The van der Waals surface area contributed by atoms with Gasteiger partial charge in [0, 0.05) is 0 Å². The van der Waals surface area contributed by atoms with Crippen LogP contribution in [0.15, 0.2) is 34.4 Å². The number of H-pyrrole nitrogens is 1. The van der Waals surface area contributed by atoms with Gasteiger partial charge in [0.15, 0.2) is 0 Å². The molecule has 5 heteroatoms. The number of nitrogens with one attached hydrogen (secondary N) is 1. The number of hydrogen-bond donors (Lipinski definition) is 1. The fraction of sp³-hybridized carbons (Fsp3) is 0.400. The molecule has 0 radical (unpaired) electrons. The largest absolute Gasteiger partial charge is 1.00 e. The minimum atomic E-state index is -0.332. The summed E-state index contributed by atoms with van der Waals surface area (Å²) in [5.41, 5.74) is 1.74. The average Bonchev–Trinajstić information content (AvgIpc) is 2.85. The normalized spacial score (nSPS) is 13.2. The minimum absolute atomic E-state index is 0. The van der Waals surface area contributed by atoms with Gasteiger partial charge in [0.2, 0.25) is 0 Å². The van der Waals surface area contributed by atoms with E-state index in [-0.39, 0.29) is 57.8 Å². The van der Waals surface area contributed by atoms with Gasteiger partial charge in [-0.15, -0.1) is 0 Å². The molecule has 0 unspecified atom stereocenters. The summed E-state index contributed by atoms with van der Waals surface area (Å²) >= 11 is -0.220. The summed E-state index contributed by atoms with van der Waals surface area (Å²) in [6, 6.07) is 2.26. The molecule has 0 amide bonds. The molecule has 1 aromatic heterocycles. The van der Waals surface area contributed by atoms with Crippen molar-refractivity contribution in [3.05, 3.63) is 39.9 Å². The summed E-state index contributed by atoms with van der Waals surface area (Å²) in [5.74, 6) is 0. The van der Waals surface area contributed by atoms with Crippen LogP contribution < -0.4 is 28.8 Å². The van der Waals surface area contributed by atoms with Crippen molar-refractivity contribution in [2.24, 2.45) is 0 Å². The van der Waals surface area contributed by atoms with Gasteiger partial charge in [-0.2, -0.15) is 0 Å². The predicted octanol–water partition coefficient (Wildman–Crippen LogP) is -3.01. The van der Waals surface area contributed by atoms with Crippen molar-refractivity contribution in [2.75, 3.05) is 0 Å². The number of halogens is 2. The summed E-state index contributed by atoms with van der Waals surface area (Å²) in [6.07, 6.45) is 8.99. The third-order valence-electron chi connectivity index (χ3n) is 3.17. The first kappa shape index (κ1) is 20.1. The third kappa shape index (κ3) is 4.57. The summed E-state index contributed by atoms with van der Waals surface area (Å²) in [5, 5.41) is 1.63. The first-order valence-electron chi connectivity index (χ1n) is 6.40. The van der Waals surface area contributed by atoms with Crippen LogP contribution in [-0.4, -0.2) is 18.6 Å². The Bertz CT molecular complexity index is 546. The molecule has 108 valence electrons.